The van der Waals surface area contributed by atoms with Crippen LogP contribution in [0, 0.1) is 6.92 Å². The normalized spacial score (nSPS) is 10.6. The largest absolute Gasteiger partial charge is 0.357 e. The molecule has 0 spiro atoms. The Balaban J connectivity index is 2.12. The molecule has 0 atom stereocenters. The quantitative estimate of drug-likeness (QED) is 0.759. The number of aromatic nitrogens is 3. The molecule has 0 fully saturated rings. The Bertz CT molecular complexity index is 737. The molecule has 0 unspecified atom stereocenters. The molecule has 2 heterocycles. The van der Waals surface area contributed by atoms with Gasteiger partial charge in [-0.15, -0.1) is 0 Å². The summed E-state index contributed by atoms with van der Waals surface area (Å²) in [5.74, 6) is 0.625. The van der Waals surface area contributed by atoms with Gasteiger partial charge >= 0.3 is 0 Å². The van der Waals surface area contributed by atoms with E-state index < -0.39 is 0 Å². The van der Waals surface area contributed by atoms with Crippen molar-refractivity contribution in [3.8, 4) is 11.3 Å². The first-order valence-corrected chi connectivity index (χ1v) is 6.15. The monoisotopic (exact) mass is 250 g/mol. The van der Waals surface area contributed by atoms with Crippen molar-refractivity contribution in [2.45, 2.75) is 6.92 Å². The summed E-state index contributed by atoms with van der Waals surface area (Å²) in [5, 5.41) is 4.07. The second kappa shape index (κ2) is 4.65. The Morgan fingerprint density at radius 3 is 2.74 bits per heavy atom. The smallest absolute Gasteiger partial charge is 0.222 e. The van der Waals surface area contributed by atoms with Gasteiger partial charge in [-0.25, -0.2) is 9.97 Å². The second-order valence-electron chi connectivity index (χ2n) is 4.38. The van der Waals surface area contributed by atoms with Crippen molar-refractivity contribution >= 4 is 16.9 Å². The van der Waals surface area contributed by atoms with Crippen molar-refractivity contribution in [3.63, 3.8) is 0 Å². The standard InChI is InChI=1S/C15H14N4/c1-10-3-4-11-9-12(5-6-13(11)18-10)14-7-8-17-15(16-2)19-14/h3-9H,1-2H3,(H,16,17,19). The third-order valence-corrected chi connectivity index (χ3v) is 3.00. The minimum Gasteiger partial charge on any atom is -0.357 e. The van der Waals surface area contributed by atoms with Crippen molar-refractivity contribution < 1.29 is 0 Å². The van der Waals surface area contributed by atoms with Gasteiger partial charge in [0.15, 0.2) is 0 Å². The lowest BCUT2D eigenvalue weighted by Gasteiger charge is -2.05. The topological polar surface area (TPSA) is 50.7 Å². The maximum atomic E-state index is 4.50. The molecule has 4 nitrogen and oxygen atoms in total. The van der Waals surface area contributed by atoms with Crippen LogP contribution in [-0.4, -0.2) is 22.0 Å². The minimum absolute atomic E-state index is 0.625. The third kappa shape index (κ3) is 2.25. The number of nitrogens with zero attached hydrogens (tertiary/aromatic N) is 3. The van der Waals surface area contributed by atoms with Crippen molar-refractivity contribution in [2.24, 2.45) is 0 Å². The summed E-state index contributed by atoms with van der Waals surface area (Å²) in [5.41, 5.74) is 4.00. The molecule has 0 aliphatic rings. The average Bonchev–Trinajstić information content (AvgIpc) is 2.46. The molecule has 3 aromatic rings. The molecule has 1 N–H and O–H groups in total. The predicted octanol–water partition coefficient (Wildman–Crippen LogP) is 3.04. The van der Waals surface area contributed by atoms with Crippen molar-refractivity contribution in [2.75, 3.05) is 12.4 Å². The third-order valence-electron chi connectivity index (χ3n) is 3.00. The number of fused-ring (bicyclic) bond motifs is 1. The van der Waals surface area contributed by atoms with Gasteiger partial charge in [0.1, 0.15) is 0 Å². The minimum atomic E-state index is 0.625. The molecule has 0 aliphatic heterocycles. The number of benzene rings is 1. The van der Waals surface area contributed by atoms with Crippen LogP contribution in [-0.2, 0) is 0 Å². The molecular weight excluding hydrogens is 236 g/mol. The zero-order valence-electron chi connectivity index (χ0n) is 10.9. The van der Waals surface area contributed by atoms with Crippen molar-refractivity contribution in [3.05, 3.63) is 48.3 Å². The highest BCUT2D eigenvalue weighted by molar-refractivity contribution is 5.83. The summed E-state index contributed by atoms with van der Waals surface area (Å²) >= 11 is 0. The second-order valence-corrected chi connectivity index (χ2v) is 4.38. The van der Waals surface area contributed by atoms with Crippen molar-refractivity contribution in [1.29, 1.82) is 0 Å². The van der Waals surface area contributed by atoms with Crippen LogP contribution >= 0.6 is 0 Å². The van der Waals surface area contributed by atoms with E-state index in [1.165, 1.54) is 0 Å². The van der Waals surface area contributed by atoms with E-state index in [4.69, 9.17) is 0 Å². The maximum Gasteiger partial charge on any atom is 0.222 e. The van der Waals surface area contributed by atoms with Crippen LogP contribution in [0.5, 0.6) is 0 Å². The van der Waals surface area contributed by atoms with Crippen LogP contribution in [0.4, 0.5) is 5.95 Å². The van der Waals surface area contributed by atoms with Gasteiger partial charge in [0.2, 0.25) is 5.95 Å². The molecule has 2 aromatic heterocycles. The molecule has 1 aromatic carbocycles. The summed E-state index contributed by atoms with van der Waals surface area (Å²) in [7, 11) is 1.81. The van der Waals surface area contributed by atoms with Gasteiger partial charge in [0.25, 0.3) is 0 Å². The molecule has 0 radical (unpaired) electrons. The zero-order valence-corrected chi connectivity index (χ0v) is 10.9. The van der Waals surface area contributed by atoms with Crippen LogP contribution < -0.4 is 5.32 Å². The molecule has 0 saturated carbocycles. The number of nitrogens with one attached hydrogen (secondary N) is 1. The van der Waals surface area contributed by atoms with Gasteiger partial charge in [-0.1, -0.05) is 12.1 Å². The van der Waals surface area contributed by atoms with Gasteiger partial charge in [-0.3, -0.25) is 4.98 Å². The molecule has 0 amide bonds. The summed E-state index contributed by atoms with van der Waals surface area (Å²) in [4.78, 5) is 13.1. The zero-order chi connectivity index (χ0) is 13.2. The van der Waals surface area contributed by atoms with E-state index in [1.807, 2.05) is 38.2 Å². The number of hydrogen-bond donors (Lipinski definition) is 1. The van der Waals surface area contributed by atoms with Crippen molar-refractivity contribution in [1.82, 2.24) is 15.0 Å². The van der Waals surface area contributed by atoms with Gasteiger partial charge in [-0.2, -0.15) is 0 Å². The lowest BCUT2D eigenvalue weighted by Crippen LogP contribution is -1.96. The number of pyridine rings is 1. The molecule has 0 aliphatic carbocycles. The van der Waals surface area contributed by atoms with E-state index in [-0.39, 0.29) is 0 Å². The van der Waals surface area contributed by atoms with E-state index in [0.29, 0.717) is 5.95 Å². The van der Waals surface area contributed by atoms with Crippen LogP contribution in [0.25, 0.3) is 22.2 Å². The fourth-order valence-electron chi connectivity index (χ4n) is 2.03. The van der Waals surface area contributed by atoms with E-state index in [1.54, 1.807) is 6.20 Å². The Hall–Kier alpha value is -2.49. The number of anilines is 1. The van der Waals surface area contributed by atoms with Crippen LogP contribution in [0.3, 0.4) is 0 Å². The van der Waals surface area contributed by atoms with E-state index in [2.05, 4.69) is 32.4 Å². The first-order chi connectivity index (χ1) is 9.26. The number of aryl methyl sites for hydroxylation is 1. The predicted molar refractivity (Wildman–Crippen MR) is 77.1 cm³/mol. The molecule has 19 heavy (non-hydrogen) atoms. The van der Waals surface area contributed by atoms with E-state index in [9.17, 15) is 0 Å². The van der Waals surface area contributed by atoms with Gasteiger partial charge in [-0.05, 0) is 31.2 Å². The fourth-order valence-corrected chi connectivity index (χ4v) is 2.03. The van der Waals surface area contributed by atoms with Crippen LogP contribution in [0.15, 0.2) is 42.6 Å². The molecular formula is C15H14N4. The first-order valence-electron chi connectivity index (χ1n) is 6.15. The van der Waals surface area contributed by atoms with Gasteiger partial charge in [0.05, 0.1) is 11.2 Å². The van der Waals surface area contributed by atoms with Crippen LogP contribution in [0.1, 0.15) is 5.69 Å². The molecule has 94 valence electrons. The molecule has 0 saturated heterocycles. The van der Waals surface area contributed by atoms with Crippen LogP contribution in [0.2, 0.25) is 0 Å². The summed E-state index contributed by atoms with van der Waals surface area (Å²) in [6, 6.07) is 12.2. The van der Waals surface area contributed by atoms with Gasteiger partial charge < -0.3 is 5.32 Å². The summed E-state index contributed by atoms with van der Waals surface area (Å²) < 4.78 is 0. The highest BCUT2D eigenvalue weighted by atomic mass is 15.1. The Labute approximate surface area is 111 Å². The molecule has 4 heteroatoms. The lowest BCUT2D eigenvalue weighted by atomic mass is 10.1. The summed E-state index contributed by atoms with van der Waals surface area (Å²) in [6.45, 7) is 2.00. The average molecular weight is 250 g/mol. The Morgan fingerprint density at radius 2 is 1.89 bits per heavy atom. The van der Waals surface area contributed by atoms with Gasteiger partial charge in [0, 0.05) is 29.9 Å². The highest BCUT2D eigenvalue weighted by Crippen LogP contribution is 2.22. The SMILES string of the molecule is CNc1nccc(-c2ccc3nc(C)ccc3c2)n1. The first kappa shape index (κ1) is 11.6. The Morgan fingerprint density at radius 1 is 1.00 bits per heavy atom. The fraction of sp³-hybridized carbons (Fsp3) is 0.133. The lowest BCUT2D eigenvalue weighted by molar-refractivity contribution is 1.15. The number of hydrogen-bond acceptors (Lipinski definition) is 4. The molecule has 3 rings (SSSR count). The summed E-state index contributed by atoms with van der Waals surface area (Å²) in [6.07, 6.45) is 1.76. The highest BCUT2D eigenvalue weighted by Gasteiger charge is 2.03. The van der Waals surface area contributed by atoms with E-state index in [0.717, 1.165) is 27.9 Å². The number of rotatable bonds is 2. The Kier molecular flexibility index (Phi) is 2.83. The van der Waals surface area contributed by atoms with E-state index >= 15 is 0 Å². The maximum absolute atomic E-state index is 4.50. The molecule has 0 bridgehead atoms.